The van der Waals surface area contributed by atoms with Crippen molar-refractivity contribution in [2.24, 2.45) is 16.2 Å². The first kappa shape index (κ1) is 13.3. The Bertz CT molecular complexity index is 339. The summed E-state index contributed by atoms with van der Waals surface area (Å²) in [5.41, 5.74) is 2.01. The molecule has 0 fully saturated rings. The lowest BCUT2D eigenvalue weighted by Crippen LogP contribution is -2.28. The molecule has 0 nitrogen and oxygen atoms in total. The van der Waals surface area contributed by atoms with Gasteiger partial charge >= 0.3 is 0 Å². The van der Waals surface area contributed by atoms with Gasteiger partial charge in [-0.05, 0) is 16.4 Å². The maximum atomic E-state index is 2.35. The van der Waals surface area contributed by atoms with Crippen molar-refractivity contribution in [2.45, 2.75) is 48.5 Å². The van der Waals surface area contributed by atoms with Gasteiger partial charge < -0.3 is 0 Å². The van der Waals surface area contributed by atoms with Crippen LogP contribution in [0.5, 0.6) is 0 Å². The summed E-state index contributed by atoms with van der Waals surface area (Å²) in [6.07, 6.45) is 11.4. The van der Waals surface area contributed by atoms with Crippen molar-refractivity contribution in [3.63, 3.8) is 0 Å². The lowest BCUT2D eigenvalue weighted by molar-refractivity contribution is 0.228. The Morgan fingerprint density at radius 2 is 1.50 bits per heavy atom. The van der Waals surface area contributed by atoms with Crippen molar-refractivity contribution < 1.29 is 0 Å². The second-order valence-electron chi connectivity index (χ2n) is 7.10. The fourth-order valence-corrected chi connectivity index (χ4v) is 1.73. The number of allylic oxidation sites excluding steroid dienone is 6. The van der Waals surface area contributed by atoms with Crippen molar-refractivity contribution in [1.82, 2.24) is 0 Å². The van der Waals surface area contributed by atoms with Crippen LogP contribution in [0.25, 0.3) is 0 Å². The Balaban J connectivity index is 3.08. The highest BCUT2D eigenvalue weighted by Crippen LogP contribution is 2.43. The van der Waals surface area contributed by atoms with E-state index >= 15 is 0 Å². The molecule has 0 saturated heterocycles. The molecule has 0 bridgehead atoms. The van der Waals surface area contributed by atoms with Gasteiger partial charge in [0.15, 0.2) is 0 Å². The number of hydrogen-bond acceptors (Lipinski definition) is 0. The van der Waals surface area contributed by atoms with E-state index in [0.29, 0.717) is 0 Å². The molecule has 90 valence electrons. The normalized spacial score (nSPS) is 26.6. The molecule has 1 atom stereocenters. The van der Waals surface area contributed by atoms with Gasteiger partial charge in [-0.3, -0.25) is 0 Å². The Morgan fingerprint density at radius 3 is 1.94 bits per heavy atom. The summed E-state index contributed by atoms with van der Waals surface area (Å²) in [6.45, 7) is 16.0. The first-order chi connectivity index (χ1) is 7.06. The van der Waals surface area contributed by atoms with Gasteiger partial charge in [0, 0.05) is 5.41 Å². The number of hydrogen-bond donors (Lipinski definition) is 0. The molecule has 1 unspecified atom stereocenters. The average molecular weight is 218 g/mol. The molecule has 1 aliphatic carbocycles. The summed E-state index contributed by atoms with van der Waals surface area (Å²) < 4.78 is 0. The molecule has 16 heavy (non-hydrogen) atoms. The highest BCUT2D eigenvalue weighted by atomic mass is 14.4. The quantitative estimate of drug-likeness (QED) is 0.528. The molecule has 0 amide bonds. The molecule has 0 aliphatic heterocycles. The summed E-state index contributed by atoms with van der Waals surface area (Å²) in [4.78, 5) is 0. The zero-order valence-electron chi connectivity index (χ0n) is 11.9. The van der Waals surface area contributed by atoms with Crippen LogP contribution in [0.2, 0.25) is 0 Å². The maximum absolute atomic E-state index is 2.35. The van der Waals surface area contributed by atoms with Crippen molar-refractivity contribution in [3.8, 4) is 0 Å². The lowest BCUT2D eigenvalue weighted by Gasteiger charge is -2.37. The molecule has 1 rings (SSSR count). The van der Waals surface area contributed by atoms with Gasteiger partial charge in [-0.25, -0.2) is 0 Å². The SMILES string of the molecule is CC(C)(C)C1=CC=CC(C)(C(C)(C)C)C=C1. The standard InChI is InChI=1S/C16H26/c1-14(2,3)13-9-8-11-16(7,12-10-13)15(4,5)6/h8-12H,1-7H3. The second-order valence-corrected chi connectivity index (χ2v) is 7.10. The molecule has 0 heteroatoms. The van der Waals surface area contributed by atoms with Crippen LogP contribution in [0.3, 0.4) is 0 Å². The van der Waals surface area contributed by atoms with Crippen molar-refractivity contribution >= 4 is 0 Å². The lowest BCUT2D eigenvalue weighted by atomic mass is 9.67. The van der Waals surface area contributed by atoms with E-state index in [1.165, 1.54) is 5.57 Å². The van der Waals surface area contributed by atoms with E-state index in [4.69, 9.17) is 0 Å². The molecule has 0 aromatic heterocycles. The van der Waals surface area contributed by atoms with Crippen molar-refractivity contribution in [2.75, 3.05) is 0 Å². The maximum Gasteiger partial charge on any atom is 0.00874 e. The molecule has 0 radical (unpaired) electrons. The first-order valence-electron chi connectivity index (χ1n) is 6.15. The third kappa shape index (κ3) is 2.66. The molecular weight excluding hydrogens is 192 g/mol. The second kappa shape index (κ2) is 3.91. The van der Waals surface area contributed by atoms with Gasteiger partial charge in [-0.15, -0.1) is 0 Å². The molecule has 0 aromatic rings. The zero-order valence-corrected chi connectivity index (χ0v) is 11.9. The fraction of sp³-hybridized carbons (Fsp3) is 0.625. The first-order valence-corrected chi connectivity index (χ1v) is 6.15. The van der Waals surface area contributed by atoms with E-state index in [1.54, 1.807) is 0 Å². The average Bonchev–Trinajstić information content (AvgIpc) is 2.25. The predicted octanol–water partition coefficient (Wildman–Crippen LogP) is 5.14. The van der Waals surface area contributed by atoms with Gasteiger partial charge in [0.1, 0.15) is 0 Å². The van der Waals surface area contributed by atoms with E-state index in [9.17, 15) is 0 Å². The Morgan fingerprint density at radius 1 is 0.938 bits per heavy atom. The van der Waals surface area contributed by atoms with Crippen LogP contribution >= 0.6 is 0 Å². The van der Waals surface area contributed by atoms with Crippen LogP contribution < -0.4 is 0 Å². The summed E-state index contributed by atoms with van der Waals surface area (Å²) in [7, 11) is 0. The Kier molecular flexibility index (Phi) is 3.24. The van der Waals surface area contributed by atoms with Crippen LogP contribution in [0.4, 0.5) is 0 Å². The van der Waals surface area contributed by atoms with Gasteiger partial charge in [-0.1, -0.05) is 78.8 Å². The van der Waals surface area contributed by atoms with Crippen LogP contribution in [-0.2, 0) is 0 Å². The van der Waals surface area contributed by atoms with Crippen LogP contribution in [-0.4, -0.2) is 0 Å². The van der Waals surface area contributed by atoms with E-state index in [0.717, 1.165) is 0 Å². The molecule has 0 spiro atoms. The molecule has 0 aromatic carbocycles. The van der Waals surface area contributed by atoms with E-state index in [2.05, 4.69) is 78.8 Å². The van der Waals surface area contributed by atoms with Crippen LogP contribution in [0.15, 0.2) is 36.0 Å². The molecule has 0 saturated carbocycles. The van der Waals surface area contributed by atoms with Gasteiger partial charge in [0.2, 0.25) is 0 Å². The van der Waals surface area contributed by atoms with Gasteiger partial charge in [0.25, 0.3) is 0 Å². The molecule has 0 N–H and O–H groups in total. The minimum Gasteiger partial charge on any atom is -0.0743 e. The molecule has 1 aliphatic rings. The summed E-state index contributed by atoms with van der Waals surface area (Å²) in [5, 5.41) is 0. The van der Waals surface area contributed by atoms with Gasteiger partial charge in [0.05, 0.1) is 0 Å². The van der Waals surface area contributed by atoms with Crippen LogP contribution in [0.1, 0.15) is 48.5 Å². The van der Waals surface area contributed by atoms with Crippen LogP contribution in [0, 0.1) is 16.2 Å². The van der Waals surface area contributed by atoms with E-state index in [-0.39, 0.29) is 16.2 Å². The van der Waals surface area contributed by atoms with Crippen molar-refractivity contribution in [1.29, 1.82) is 0 Å². The molecular formula is C16H26. The van der Waals surface area contributed by atoms with E-state index < -0.39 is 0 Å². The smallest absolute Gasteiger partial charge is 0.00874 e. The third-order valence-corrected chi connectivity index (χ3v) is 3.81. The Labute approximate surface area is 101 Å². The zero-order chi connectivity index (χ0) is 12.6. The topological polar surface area (TPSA) is 0 Å². The van der Waals surface area contributed by atoms with Gasteiger partial charge in [-0.2, -0.15) is 0 Å². The monoisotopic (exact) mass is 218 g/mol. The van der Waals surface area contributed by atoms with E-state index in [1.807, 2.05) is 0 Å². The minimum atomic E-state index is 0.135. The number of rotatable bonds is 0. The largest absolute Gasteiger partial charge is 0.0743 e. The third-order valence-electron chi connectivity index (χ3n) is 3.81. The summed E-state index contributed by atoms with van der Waals surface area (Å²) in [6, 6.07) is 0. The Hall–Kier alpha value is -0.780. The summed E-state index contributed by atoms with van der Waals surface area (Å²) in [5.74, 6) is 0. The van der Waals surface area contributed by atoms with Crippen molar-refractivity contribution in [3.05, 3.63) is 36.0 Å². The highest BCUT2D eigenvalue weighted by Gasteiger charge is 2.33. The molecule has 0 heterocycles. The fourth-order valence-electron chi connectivity index (χ4n) is 1.73. The predicted molar refractivity (Wildman–Crippen MR) is 73.4 cm³/mol. The minimum absolute atomic E-state index is 0.135. The highest BCUT2D eigenvalue weighted by molar-refractivity contribution is 5.35. The summed E-state index contributed by atoms with van der Waals surface area (Å²) >= 11 is 0.